The molecule has 0 aliphatic carbocycles. The van der Waals surface area contributed by atoms with Crippen LogP contribution in [0.4, 0.5) is 0 Å². The maximum atomic E-state index is 11.2. The highest BCUT2D eigenvalue weighted by atomic mass is 79.9. The first-order valence-electron chi connectivity index (χ1n) is 3.65. The lowest BCUT2D eigenvalue weighted by molar-refractivity contribution is 0.0596. The molecular formula is C9H9BrO3. The highest BCUT2D eigenvalue weighted by molar-refractivity contribution is 9.08. The first-order valence-corrected chi connectivity index (χ1v) is 4.78. The lowest BCUT2D eigenvalue weighted by Gasteiger charge is -2.06. The van der Waals surface area contributed by atoms with Gasteiger partial charge in [-0.25, -0.2) is 4.79 Å². The van der Waals surface area contributed by atoms with Gasteiger partial charge in [0.15, 0.2) is 0 Å². The number of ether oxygens (including phenoxy) is 1. The summed E-state index contributed by atoms with van der Waals surface area (Å²) in [4.78, 5) is 11.2. The lowest BCUT2D eigenvalue weighted by Crippen LogP contribution is -2.04. The fourth-order valence-corrected chi connectivity index (χ4v) is 1.50. The van der Waals surface area contributed by atoms with E-state index in [1.165, 1.54) is 13.2 Å². The van der Waals surface area contributed by atoms with Crippen molar-refractivity contribution in [2.45, 2.75) is 5.33 Å². The number of aromatic hydroxyl groups is 1. The number of hydrogen-bond acceptors (Lipinski definition) is 3. The van der Waals surface area contributed by atoms with E-state index < -0.39 is 5.97 Å². The van der Waals surface area contributed by atoms with Crippen LogP contribution < -0.4 is 0 Å². The van der Waals surface area contributed by atoms with E-state index in [9.17, 15) is 9.90 Å². The SMILES string of the molecule is COC(=O)c1c(O)cccc1CBr. The summed E-state index contributed by atoms with van der Waals surface area (Å²) in [7, 11) is 1.28. The first-order chi connectivity index (χ1) is 6.20. The molecule has 0 aliphatic heterocycles. The second kappa shape index (κ2) is 4.28. The van der Waals surface area contributed by atoms with Gasteiger partial charge in [-0.2, -0.15) is 0 Å². The molecule has 0 saturated carbocycles. The Labute approximate surface area is 84.5 Å². The van der Waals surface area contributed by atoms with Crippen molar-refractivity contribution in [3.63, 3.8) is 0 Å². The number of alkyl halides is 1. The van der Waals surface area contributed by atoms with Crippen LogP contribution in [0.5, 0.6) is 5.75 Å². The molecule has 0 atom stereocenters. The van der Waals surface area contributed by atoms with E-state index in [0.717, 1.165) is 0 Å². The van der Waals surface area contributed by atoms with Crippen molar-refractivity contribution >= 4 is 21.9 Å². The monoisotopic (exact) mass is 244 g/mol. The van der Waals surface area contributed by atoms with E-state index in [1.54, 1.807) is 12.1 Å². The molecule has 0 spiro atoms. The van der Waals surface area contributed by atoms with Crippen molar-refractivity contribution in [3.8, 4) is 5.75 Å². The van der Waals surface area contributed by atoms with Crippen molar-refractivity contribution in [2.24, 2.45) is 0 Å². The van der Waals surface area contributed by atoms with Crippen LogP contribution in [0, 0.1) is 0 Å². The predicted molar refractivity (Wildman–Crippen MR) is 52.1 cm³/mol. The zero-order valence-corrected chi connectivity index (χ0v) is 8.67. The summed E-state index contributed by atoms with van der Waals surface area (Å²) in [5.41, 5.74) is 0.939. The largest absolute Gasteiger partial charge is 0.507 e. The number of phenolic OH excluding ortho intramolecular Hbond substituents is 1. The minimum atomic E-state index is -0.521. The molecule has 13 heavy (non-hydrogen) atoms. The Balaban J connectivity index is 3.22. The standard InChI is InChI=1S/C9H9BrO3/c1-13-9(12)8-6(5-10)3-2-4-7(8)11/h2-4,11H,5H2,1H3. The molecule has 1 aromatic rings. The molecule has 0 saturated heterocycles. The number of hydrogen-bond donors (Lipinski definition) is 1. The summed E-state index contributed by atoms with van der Waals surface area (Å²) >= 11 is 3.22. The summed E-state index contributed by atoms with van der Waals surface area (Å²) in [5.74, 6) is -0.573. The number of methoxy groups -OCH3 is 1. The van der Waals surface area contributed by atoms with Gasteiger partial charge in [0.25, 0.3) is 0 Å². The Hall–Kier alpha value is -1.03. The van der Waals surface area contributed by atoms with Crippen molar-refractivity contribution in [3.05, 3.63) is 29.3 Å². The van der Waals surface area contributed by atoms with E-state index in [2.05, 4.69) is 20.7 Å². The maximum absolute atomic E-state index is 11.2. The molecule has 70 valence electrons. The zero-order chi connectivity index (χ0) is 9.84. The van der Waals surface area contributed by atoms with Crippen LogP contribution in [-0.4, -0.2) is 18.2 Å². The van der Waals surface area contributed by atoms with E-state index >= 15 is 0 Å². The molecule has 0 aliphatic rings. The molecule has 0 unspecified atom stereocenters. The molecule has 1 aromatic carbocycles. The minimum Gasteiger partial charge on any atom is -0.507 e. The van der Waals surface area contributed by atoms with Gasteiger partial charge in [0.1, 0.15) is 11.3 Å². The van der Waals surface area contributed by atoms with E-state index in [4.69, 9.17) is 0 Å². The number of benzene rings is 1. The quantitative estimate of drug-likeness (QED) is 0.640. The number of phenols is 1. The van der Waals surface area contributed by atoms with Crippen LogP contribution in [0.3, 0.4) is 0 Å². The van der Waals surface area contributed by atoms with Gasteiger partial charge in [-0.05, 0) is 11.6 Å². The van der Waals surface area contributed by atoms with Crippen LogP contribution in [0.2, 0.25) is 0 Å². The fourth-order valence-electron chi connectivity index (χ4n) is 1.04. The number of carbonyl (C=O) groups is 1. The van der Waals surface area contributed by atoms with Crippen molar-refractivity contribution in [1.82, 2.24) is 0 Å². The van der Waals surface area contributed by atoms with Crippen LogP contribution in [0.15, 0.2) is 18.2 Å². The topological polar surface area (TPSA) is 46.5 Å². The van der Waals surface area contributed by atoms with Crippen molar-refractivity contribution < 1.29 is 14.6 Å². The smallest absolute Gasteiger partial charge is 0.341 e. The Morgan fingerprint density at radius 3 is 2.85 bits per heavy atom. The van der Waals surface area contributed by atoms with Crippen LogP contribution in [0.1, 0.15) is 15.9 Å². The first kappa shape index (κ1) is 10.1. The van der Waals surface area contributed by atoms with Gasteiger partial charge < -0.3 is 9.84 Å². The van der Waals surface area contributed by atoms with Gasteiger partial charge in [0.05, 0.1) is 7.11 Å². The number of carbonyl (C=O) groups excluding carboxylic acids is 1. The lowest BCUT2D eigenvalue weighted by atomic mass is 10.1. The van der Waals surface area contributed by atoms with E-state index in [-0.39, 0.29) is 11.3 Å². The molecule has 1 N–H and O–H groups in total. The summed E-state index contributed by atoms with van der Waals surface area (Å²) in [5, 5.41) is 9.91. The number of esters is 1. The third-order valence-electron chi connectivity index (χ3n) is 1.66. The second-order valence-electron chi connectivity index (χ2n) is 2.44. The second-order valence-corrected chi connectivity index (χ2v) is 3.00. The average Bonchev–Trinajstić information content (AvgIpc) is 2.16. The zero-order valence-electron chi connectivity index (χ0n) is 7.08. The fraction of sp³-hybridized carbons (Fsp3) is 0.222. The molecule has 4 heteroatoms. The normalized spacial score (nSPS) is 9.69. The maximum Gasteiger partial charge on any atom is 0.341 e. The van der Waals surface area contributed by atoms with E-state index in [0.29, 0.717) is 10.9 Å². The van der Waals surface area contributed by atoms with Gasteiger partial charge in [0, 0.05) is 5.33 Å². The summed E-state index contributed by atoms with van der Waals surface area (Å²) in [6.45, 7) is 0. The predicted octanol–water partition coefficient (Wildman–Crippen LogP) is 2.07. The summed E-state index contributed by atoms with van der Waals surface area (Å²) < 4.78 is 4.54. The molecule has 0 amide bonds. The third kappa shape index (κ3) is 2.01. The molecule has 0 heterocycles. The summed E-state index contributed by atoms with van der Waals surface area (Å²) in [6, 6.07) is 4.89. The molecule has 0 radical (unpaired) electrons. The van der Waals surface area contributed by atoms with Crippen LogP contribution in [-0.2, 0) is 10.1 Å². The number of halogens is 1. The van der Waals surface area contributed by atoms with Gasteiger partial charge in [-0.3, -0.25) is 0 Å². The Morgan fingerprint density at radius 1 is 1.62 bits per heavy atom. The Kier molecular flexibility index (Phi) is 3.31. The highest BCUT2D eigenvalue weighted by Crippen LogP contribution is 2.23. The average molecular weight is 245 g/mol. The molecule has 0 bridgehead atoms. The van der Waals surface area contributed by atoms with Gasteiger partial charge in [-0.15, -0.1) is 0 Å². The van der Waals surface area contributed by atoms with Crippen LogP contribution in [0.25, 0.3) is 0 Å². The van der Waals surface area contributed by atoms with Crippen molar-refractivity contribution in [2.75, 3.05) is 7.11 Å². The van der Waals surface area contributed by atoms with Gasteiger partial charge in [0.2, 0.25) is 0 Å². The number of rotatable bonds is 2. The van der Waals surface area contributed by atoms with E-state index in [1.807, 2.05) is 0 Å². The highest BCUT2D eigenvalue weighted by Gasteiger charge is 2.15. The molecule has 0 fully saturated rings. The Bertz CT molecular complexity index is 323. The molecule has 3 nitrogen and oxygen atoms in total. The molecule has 1 rings (SSSR count). The van der Waals surface area contributed by atoms with Crippen LogP contribution >= 0.6 is 15.9 Å². The Morgan fingerprint density at radius 2 is 2.31 bits per heavy atom. The minimum absolute atomic E-state index is 0.0520. The molecule has 0 aromatic heterocycles. The third-order valence-corrected chi connectivity index (χ3v) is 2.27. The summed E-state index contributed by atoms with van der Waals surface area (Å²) in [6.07, 6.45) is 0. The van der Waals surface area contributed by atoms with Gasteiger partial charge in [-0.1, -0.05) is 28.1 Å². The van der Waals surface area contributed by atoms with Gasteiger partial charge >= 0.3 is 5.97 Å². The van der Waals surface area contributed by atoms with Crippen molar-refractivity contribution in [1.29, 1.82) is 0 Å². The molecular weight excluding hydrogens is 236 g/mol.